The molecule has 0 bridgehead atoms. The summed E-state index contributed by atoms with van der Waals surface area (Å²) >= 11 is 0. The van der Waals surface area contributed by atoms with Crippen molar-refractivity contribution in [2.24, 2.45) is 5.92 Å². The van der Waals surface area contributed by atoms with Gasteiger partial charge >= 0.3 is 6.09 Å². The highest BCUT2D eigenvalue weighted by molar-refractivity contribution is 5.70. The molecule has 0 saturated carbocycles. The average Bonchev–Trinajstić information content (AvgIpc) is 2.95. The van der Waals surface area contributed by atoms with Crippen molar-refractivity contribution in [3.05, 3.63) is 18.5 Å². The molecule has 0 aliphatic carbocycles. The lowest BCUT2D eigenvalue weighted by Crippen LogP contribution is -2.35. The molecule has 2 atom stereocenters. The van der Waals surface area contributed by atoms with E-state index in [-0.39, 0.29) is 18.1 Å². The zero-order valence-electron chi connectivity index (χ0n) is 11.4. The topological polar surface area (TPSA) is 64.4 Å². The molecule has 0 spiro atoms. The first-order valence-corrected chi connectivity index (χ1v) is 6.33. The first-order valence-electron chi connectivity index (χ1n) is 6.33. The number of ether oxygens (including phenoxy) is 1. The second-order valence-electron chi connectivity index (χ2n) is 5.74. The summed E-state index contributed by atoms with van der Waals surface area (Å²) < 4.78 is 7.05. The minimum Gasteiger partial charge on any atom is -0.444 e. The Morgan fingerprint density at radius 1 is 1.42 bits per heavy atom. The molecule has 2 rings (SSSR count). The highest BCUT2D eigenvalue weighted by atomic mass is 16.6. The van der Waals surface area contributed by atoms with E-state index in [1.54, 1.807) is 28.0 Å². The van der Waals surface area contributed by atoms with Crippen LogP contribution in [0.2, 0.25) is 0 Å². The van der Waals surface area contributed by atoms with Crippen molar-refractivity contribution in [1.82, 2.24) is 14.7 Å². The smallest absolute Gasteiger partial charge is 0.410 e. The average molecular weight is 265 g/mol. The molecule has 1 aromatic rings. The monoisotopic (exact) mass is 265 g/mol. The van der Waals surface area contributed by atoms with Crippen LogP contribution in [0.1, 0.15) is 26.8 Å². The molecule has 19 heavy (non-hydrogen) atoms. The lowest BCUT2D eigenvalue weighted by molar-refractivity contribution is -0.111. The van der Waals surface area contributed by atoms with Crippen LogP contribution in [0.15, 0.2) is 18.5 Å². The number of rotatable bonds is 2. The van der Waals surface area contributed by atoms with Crippen molar-refractivity contribution < 1.29 is 14.3 Å². The molecule has 1 amide bonds. The second-order valence-corrected chi connectivity index (χ2v) is 5.74. The largest absolute Gasteiger partial charge is 0.444 e. The molecule has 104 valence electrons. The van der Waals surface area contributed by atoms with Crippen molar-refractivity contribution in [1.29, 1.82) is 0 Å². The van der Waals surface area contributed by atoms with Gasteiger partial charge in [-0.1, -0.05) is 0 Å². The van der Waals surface area contributed by atoms with Crippen LogP contribution in [0, 0.1) is 5.92 Å². The molecular weight excluding hydrogens is 246 g/mol. The van der Waals surface area contributed by atoms with Crippen LogP contribution in [0.3, 0.4) is 0 Å². The normalized spacial score (nSPS) is 23.4. The first kappa shape index (κ1) is 13.6. The van der Waals surface area contributed by atoms with Crippen LogP contribution in [-0.4, -0.2) is 45.8 Å². The molecule has 2 unspecified atom stereocenters. The van der Waals surface area contributed by atoms with Crippen LogP contribution in [-0.2, 0) is 9.53 Å². The van der Waals surface area contributed by atoms with Gasteiger partial charge in [-0.2, -0.15) is 5.10 Å². The summed E-state index contributed by atoms with van der Waals surface area (Å²) in [6.07, 6.45) is 3.98. The van der Waals surface area contributed by atoms with Gasteiger partial charge in [0.15, 0.2) is 0 Å². The predicted molar refractivity (Wildman–Crippen MR) is 68.6 cm³/mol. The zero-order valence-corrected chi connectivity index (χ0v) is 11.4. The van der Waals surface area contributed by atoms with Gasteiger partial charge in [-0.3, -0.25) is 4.68 Å². The maximum Gasteiger partial charge on any atom is 0.410 e. The van der Waals surface area contributed by atoms with Crippen LogP contribution in [0.25, 0.3) is 0 Å². The molecule has 1 fully saturated rings. The second kappa shape index (κ2) is 5.03. The van der Waals surface area contributed by atoms with E-state index in [1.165, 1.54) is 0 Å². The Hall–Kier alpha value is -1.85. The van der Waals surface area contributed by atoms with E-state index in [0.717, 1.165) is 6.29 Å². The van der Waals surface area contributed by atoms with E-state index in [0.29, 0.717) is 13.1 Å². The van der Waals surface area contributed by atoms with Gasteiger partial charge in [0.2, 0.25) is 0 Å². The van der Waals surface area contributed by atoms with Crippen LogP contribution in [0.5, 0.6) is 0 Å². The number of hydrogen-bond donors (Lipinski definition) is 0. The Bertz CT molecular complexity index is 450. The SMILES string of the molecule is CC(C)(C)OC(=O)N1CC(C=O)C(n2cccn2)C1. The Kier molecular flexibility index (Phi) is 3.59. The number of carbonyl (C=O) groups excluding carboxylic acids is 2. The molecule has 6 heteroatoms. The lowest BCUT2D eigenvalue weighted by Gasteiger charge is -2.24. The van der Waals surface area contributed by atoms with Crippen molar-refractivity contribution in [2.45, 2.75) is 32.4 Å². The number of likely N-dealkylation sites (tertiary alicyclic amines) is 1. The van der Waals surface area contributed by atoms with E-state index >= 15 is 0 Å². The van der Waals surface area contributed by atoms with E-state index in [4.69, 9.17) is 4.74 Å². The van der Waals surface area contributed by atoms with Crippen molar-refractivity contribution in [3.8, 4) is 0 Å². The third kappa shape index (κ3) is 3.13. The highest BCUT2D eigenvalue weighted by Crippen LogP contribution is 2.27. The number of aldehydes is 1. The van der Waals surface area contributed by atoms with Gasteiger partial charge in [-0.15, -0.1) is 0 Å². The van der Waals surface area contributed by atoms with Crippen molar-refractivity contribution in [3.63, 3.8) is 0 Å². The van der Waals surface area contributed by atoms with E-state index < -0.39 is 5.60 Å². The summed E-state index contributed by atoms with van der Waals surface area (Å²) in [7, 11) is 0. The predicted octanol–water partition coefficient (Wildman–Crippen LogP) is 1.49. The molecule has 6 nitrogen and oxygen atoms in total. The number of carbonyl (C=O) groups is 2. The summed E-state index contributed by atoms with van der Waals surface area (Å²) in [4.78, 5) is 24.7. The third-order valence-electron chi connectivity index (χ3n) is 3.02. The lowest BCUT2D eigenvalue weighted by atomic mass is 10.1. The summed E-state index contributed by atoms with van der Waals surface area (Å²) in [6, 6.07) is 1.69. The molecule has 0 radical (unpaired) electrons. The Morgan fingerprint density at radius 3 is 2.68 bits per heavy atom. The highest BCUT2D eigenvalue weighted by Gasteiger charge is 2.38. The Labute approximate surface area is 112 Å². The minimum absolute atomic E-state index is 0.111. The molecule has 1 saturated heterocycles. The fourth-order valence-corrected chi connectivity index (χ4v) is 2.18. The van der Waals surface area contributed by atoms with Crippen molar-refractivity contribution in [2.75, 3.05) is 13.1 Å². The van der Waals surface area contributed by atoms with Gasteiger partial charge in [0.05, 0.1) is 12.0 Å². The minimum atomic E-state index is -0.530. The number of amides is 1. The van der Waals surface area contributed by atoms with Crippen molar-refractivity contribution >= 4 is 12.4 Å². The van der Waals surface area contributed by atoms with Gasteiger partial charge in [0.25, 0.3) is 0 Å². The molecule has 0 N–H and O–H groups in total. The van der Waals surface area contributed by atoms with Gasteiger partial charge in [0.1, 0.15) is 11.9 Å². The van der Waals surface area contributed by atoms with E-state index in [1.807, 2.05) is 20.8 Å². The van der Waals surface area contributed by atoms with E-state index in [9.17, 15) is 9.59 Å². The van der Waals surface area contributed by atoms with Gasteiger partial charge in [-0.05, 0) is 26.8 Å². The third-order valence-corrected chi connectivity index (χ3v) is 3.02. The maximum absolute atomic E-state index is 12.0. The summed E-state index contributed by atoms with van der Waals surface area (Å²) in [6.45, 7) is 6.29. The standard InChI is InChI=1S/C13H19N3O3/c1-13(2,3)19-12(18)15-7-10(9-17)11(8-15)16-6-4-5-14-16/h4-6,9-11H,7-8H2,1-3H3. The van der Waals surface area contributed by atoms with Gasteiger partial charge in [-0.25, -0.2) is 4.79 Å². The summed E-state index contributed by atoms with van der Waals surface area (Å²) in [5, 5.41) is 4.14. The zero-order chi connectivity index (χ0) is 14.0. The fourth-order valence-electron chi connectivity index (χ4n) is 2.18. The summed E-state index contributed by atoms with van der Waals surface area (Å²) in [5.74, 6) is -0.243. The Balaban J connectivity index is 2.07. The van der Waals surface area contributed by atoms with Crippen LogP contribution < -0.4 is 0 Å². The quantitative estimate of drug-likeness (QED) is 0.760. The first-order chi connectivity index (χ1) is 8.90. The molecule has 1 aliphatic heterocycles. The number of nitrogens with zero attached hydrogens (tertiary/aromatic N) is 3. The van der Waals surface area contributed by atoms with Gasteiger partial charge < -0.3 is 14.4 Å². The molecule has 0 aromatic carbocycles. The molecule has 1 aromatic heterocycles. The summed E-state index contributed by atoms with van der Waals surface area (Å²) in [5.41, 5.74) is -0.530. The molecule has 1 aliphatic rings. The van der Waals surface area contributed by atoms with Gasteiger partial charge in [0, 0.05) is 25.5 Å². The van der Waals surface area contributed by atoms with Crippen LogP contribution in [0.4, 0.5) is 4.79 Å². The van der Waals surface area contributed by atoms with E-state index in [2.05, 4.69) is 5.10 Å². The van der Waals surface area contributed by atoms with Crippen LogP contribution >= 0.6 is 0 Å². The Morgan fingerprint density at radius 2 is 2.16 bits per heavy atom. The maximum atomic E-state index is 12.0. The number of aromatic nitrogens is 2. The number of hydrogen-bond acceptors (Lipinski definition) is 4. The molecule has 2 heterocycles. The fraction of sp³-hybridized carbons (Fsp3) is 0.615. The molecular formula is C13H19N3O3.